The van der Waals surface area contributed by atoms with Gasteiger partial charge in [0.1, 0.15) is 12.7 Å². The molecule has 0 aromatic carbocycles. The summed E-state index contributed by atoms with van der Waals surface area (Å²) in [4.78, 5) is 3.83. The molecule has 0 amide bonds. The Morgan fingerprint density at radius 1 is 1.58 bits per heavy atom. The van der Waals surface area contributed by atoms with Gasteiger partial charge in [0.15, 0.2) is 0 Å². The van der Waals surface area contributed by atoms with Gasteiger partial charge < -0.3 is 5.11 Å². The average Bonchev–Trinajstić information content (AvgIpc) is 2.57. The van der Waals surface area contributed by atoms with Crippen molar-refractivity contribution in [1.29, 1.82) is 0 Å². The largest absolute Gasteiger partial charge is 0.393 e. The van der Waals surface area contributed by atoms with E-state index in [2.05, 4.69) is 10.1 Å². The molecular weight excluding hydrogens is 154 g/mol. The molecule has 0 aliphatic carbocycles. The molecule has 4 nitrogen and oxygen atoms in total. The fourth-order valence-electron chi connectivity index (χ4n) is 1.04. The Bertz CT molecular complexity index is 198. The highest BCUT2D eigenvalue weighted by molar-refractivity contribution is 4.57. The first-order chi connectivity index (χ1) is 5.83. The molecule has 68 valence electrons. The van der Waals surface area contributed by atoms with Gasteiger partial charge in [0, 0.05) is 6.54 Å². The predicted molar refractivity (Wildman–Crippen MR) is 45.6 cm³/mol. The first kappa shape index (κ1) is 9.19. The van der Waals surface area contributed by atoms with Gasteiger partial charge in [0.2, 0.25) is 0 Å². The summed E-state index contributed by atoms with van der Waals surface area (Å²) in [6.45, 7) is 2.83. The molecule has 0 fully saturated rings. The number of hydrogen-bond donors (Lipinski definition) is 1. The quantitative estimate of drug-likeness (QED) is 0.710. The first-order valence-corrected chi connectivity index (χ1v) is 4.33. The lowest BCUT2D eigenvalue weighted by Crippen LogP contribution is -2.07. The van der Waals surface area contributed by atoms with Crippen LogP contribution in [0.5, 0.6) is 0 Å². The van der Waals surface area contributed by atoms with E-state index < -0.39 is 0 Å². The van der Waals surface area contributed by atoms with Crippen LogP contribution < -0.4 is 0 Å². The highest BCUT2D eigenvalue weighted by Gasteiger charge is 1.99. The van der Waals surface area contributed by atoms with Gasteiger partial charge >= 0.3 is 0 Å². The van der Waals surface area contributed by atoms with Crippen LogP contribution in [0.15, 0.2) is 12.7 Å². The maximum Gasteiger partial charge on any atom is 0.137 e. The summed E-state index contributed by atoms with van der Waals surface area (Å²) in [5.74, 6) is 0. The minimum Gasteiger partial charge on any atom is -0.393 e. The van der Waals surface area contributed by atoms with Gasteiger partial charge in [-0.2, -0.15) is 5.10 Å². The van der Waals surface area contributed by atoms with Crippen molar-refractivity contribution in [3.63, 3.8) is 0 Å². The second-order valence-corrected chi connectivity index (χ2v) is 2.86. The highest BCUT2D eigenvalue weighted by atomic mass is 16.3. The number of rotatable bonds is 5. The van der Waals surface area contributed by atoms with E-state index in [1.54, 1.807) is 11.0 Å². The molecule has 1 aromatic rings. The van der Waals surface area contributed by atoms with Gasteiger partial charge in [-0.25, -0.2) is 4.98 Å². The fraction of sp³-hybridized carbons (Fsp3) is 0.750. The van der Waals surface area contributed by atoms with Crippen LogP contribution in [0.25, 0.3) is 0 Å². The predicted octanol–water partition coefficient (Wildman–Crippen LogP) is 0.829. The van der Waals surface area contributed by atoms with Crippen LogP contribution in [-0.2, 0) is 6.54 Å². The summed E-state index contributed by atoms with van der Waals surface area (Å²) in [6, 6.07) is 0. The Morgan fingerprint density at radius 2 is 2.42 bits per heavy atom. The Balaban J connectivity index is 2.11. The van der Waals surface area contributed by atoms with Crippen molar-refractivity contribution < 1.29 is 5.11 Å². The summed E-state index contributed by atoms with van der Waals surface area (Å²) >= 11 is 0. The summed E-state index contributed by atoms with van der Waals surface area (Å²) in [6.07, 6.45) is 5.69. The molecule has 0 aliphatic heterocycles. The minimum absolute atomic E-state index is 0.159. The van der Waals surface area contributed by atoms with Crippen LogP contribution in [0.4, 0.5) is 0 Å². The molecule has 0 aliphatic rings. The maximum absolute atomic E-state index is 9.24. The lowest BCUT2D eigenvalue weighted by Gasteiger charge is -2.06. The Labute approximate surface area is 72.2 Å². The van der Waals surface area contributed by atoms with E-state index >= 15 is 0 Å². The smallest absolute Gasteiger partial charge is 0.137 e. The molecule has 1 atom stereocenters. The van der Waals surface area contributed by atoms with Gasteiger partial charge in [-0.1, -0.05) is 6.92 Å². The van der Waals surface area contributed by atoms with E-state index in [-0.39, 0.29) is 6.10 Å². The van der Waals surface area contributed by atoms with Crippen LogP contribution >= 0.6 is 0 Å². The van der Waals surface area contributed by atoms with Crippen LogP contribution in [0.3, 0.4) is 0 Å². The van der Waals surface area contributed by atoms with Crippen LogP contribution in [-0.4, -0.2) is 26.0 Å². The second-order valence-electron chi connectivity index (χ2n) is 2.86. The van der Waals surface area contributed by atoms with E-state index in [0.717, 1.165) is 25.8 Å². The lowest BCUT2D eigenvalue weighted by atomic mass is 10.1. The lowest BCUT2D eigenvalue weighted by molar-refractivity contribution is 0.155. The monoisotopic (exact) mass is 169 g/mol. The van der Waals surface area contributed by atoms with Gasteiger partial charge in [0.25, 0.3) is 0 Å². The fourth-order valence-corrected chi connectivity index (χ4v) is 1.04. The van der Waals surface area contributed by atoms with E-state index in [9.17, 15) is 5.11 Å². The SMILES string of the molecule is CCC(O)CCCn1cncn1. The second kappa shape index (κ2) is 4.87. The van der Waals surface area contributed by atoms with Crippen molar-refractivity contribution in [2.24, 2.45) is 0 Å². The minimum atomic E-state index is -0.159. The summed E-state index contributed by atoms with van der Waals surface area (Å²) in [5.41, 5.74) is 0. The van der Waals surface area contributed by atoms with E-state index in [0.29, 0.717) is 0 Å². The molecule has 1 aromatic heterocycles. The zero-order chi connectivity index (χ0) is 8.81. The van der Waals surface area contributed by atoms with Crippen molar-refractivity contribution >= 4 is 0 Å². The van der Waals surface area contributed by atoms with Gasteiger partial charge in [-0.3, -0.25) is 4.68 Å². The molecule has 12 heavy (non-hydrogen) atoms. The van der Waals surface area contributed by atoms with Gasteiger partial charge in [-0.05, 0) is 19.3 Å². The van der Waals surface area contributed by atoms with Crippen molar-refractivity contribution in [3.05, 3.63) is 12.7 Å². The Kier molecular flexibility index (Phi) is 3.73. The van der Waals surface area contributed by atoms with Crippen LogP contribution in [0.2, 0.25) is 0 Å². The Morgan fingerprint density at radius 3 is 3.00 bits per heavy atom. The van der Waals surface area contributed by atoms with Crippen LogP contribution in [0, 0.1) is 0 Å². The van der Waals surface area contributed by atoms with Gasteiger partial charge in [-0.15, -0.1) is 0 Å². The number of aliphatic hydroxyl groups excluding tert-OH is 1. The molecule has 0 saturated carbocycles. The summed E-state index contributed by atoms with van der Waals surface area (Å²) in [7, 11) is 0. The molecule has 0 spiro atoms. The molecule has 1 unspecified atom stereocenters. The van der Waals surface area contributed by atoms with Gasteiger partial charge in [0.05, 0.1) is 6.10 Å². The third kappa shape index (κ3) is 3.00. The third-order valence-electron chi connectivity index (χ3n) is 1.86. The molecule has 4 heteroatoms. The standard InChI is InChI=1S/C8H15N3O/c1-2-8(12)4-3-5-11-7-9-6-10-11/h6-8,12H,2-5H2,1H3. The number of aromatic nitrogens is 3. The van der Waals surface area contributed by atoms with Crippen molar-refractivity contribution in [2.75, 3.05) is 0 Å². The molecular formula is C8H15N3O. The third-order valence-corrected chi connectivity index (χ3v) is 1.86. The molecule has 1 N–H and O–H groups in total. The summed E-state index contributed by atoms with van der Waals surface area (Å²) < 4.78 is 1.78. The average molecular weight is 169 g/mol. The zero-order valence-electron chi connectivity index (χ0n) is 7.35. The molecule has 0 saturated heterocycles. The van der Waals surface area contributed by atoms with Crippen molar-refractivity contribution in [2.45, 2.75) is 38.8 Å². The Hall–Kier alpha value is -0.900. The van der Waals surface area contributed by atoms with Crippen molar-refractivity contribution in [1.82, 2.24) is 14.8 Å². The van der Waals surface area contributed by atoms with E-state index in [1.165, 1.54) is 6.33 Å². The number of aliphatic hydroxyl groups is 1. The first-order valence-electron chi connectivity index (χ1n) is 4.33. The molecule has 0 bridgehead atoms. The number of hydrogen-bond acceptors (Lipinski definition) is 3. The maximum atomic E-state index is 9.24. The normalized spacial score (nSPS) is 13.2. The van der Waals surface area contributed by atoms with E-state index in [4.69, 9.17) is 0 Å². The molecule has 1 heterocycles. The van der Waals surface area contributed by atoms with E-state index in [1.807, 2.05) is 6.92 Å². The van der Waals surface area contributed by atoms with Crippen molar-refractivity contribution in [3.8, 4) is 0 Å². The van der Waals surface area contributed by atoms with Crippen LogP contribution in [0.1, 0.15) is 26.2 Å². The topological polar surface area (TPSA) is 50.9 Å². The zero-order valence-corrected chi connectivity index (χ0v) is 7.35. The highest BCUT2D eigenvalue weighted by Crippen LogP contribution is 2.01. The number of aryl methyl sites for hydroxylation is 1. The molecule has 0 radical (unpaired) electrons. The number of nitrogens with zero attached hydrogens (tertiary/aromatic N) is 3. The molecule has 1 rings (SSSR count). The summed E-state index contributed by atoms with van der Waals surface area (Å²) in [5, 5.41) is 13.2.